The average Bonchev–Trinajstić information content (AvgIpc) is 2.48. The Morgan fingerprint density at radius 1 is 1.43 bits per heavy atom. The van der Waals surface area contributed by atoms with Crippen molar-refractivity contribution >= 4 is 5.91 Å². The van der Waals surface area contributed by atoms with Gasteiger partial charge in [0.15, 0.2) is 11.5 Å². The molecule has 115 valence electrons. The van der Waals surface area contributed by atoms with E-state index in [1.807, 2.05) is 25.1 Å². The summed E-state index contributed by atoms with van der Waals surface area (Å²) in [4.78, 5) is 13.7. The van der Waals surface area contributed by atoms with Gasteiger partial charge in [-0.05, 0) is 50.4 Å². The van der Waals surface area contributed by atoms with Crippen molar-refractivity contribution in [2.45, 2.75) is 32.4 Å². The van der Waals surface area contributed by atoms with Gasteiger partial charge in [-0.1, -0.05) is 6.07 Å². The summed E-state index contributed by atoms with van der Waals surface area (Å²) in [7, 11) is 1.63. The predicted octanol–water partition coefficient (Wildman–Crippen LogP) is 1.75. The zero-order valence-electron chi connectivity index (χ0n) is 12.7. The molecule has 5 nitrogen and oxygen atoms in total. The summed E-state index contributed by atoms with van der Waals surface area (Å²) >= 11 is 0. The summed E-state index contributed by atoms with van der Waals surface area (Å²) in [5, 5.41) is 0. The number of likely N-dealkylation sites (tertiary alicyclic amines) is 1. The van der Waals surface area contributed by atoms with Crippen molar-refractivity contribution in [1.82, 2.24) is 4.90 Å². The number of methoxy groups -OCH3 is 1. The van der Waals surface area contributed by atoms with E-state index in [0.717, 1.165) is 36.4 Å². The van der Waals surface area contributed by atoms with Crippen LogP contribution in [0, 0.1) is 6.42 Å². The minimum atomic E-state index is -0.260. The number of carbonyl (C=O) groups excluding carboxylic acids is 1. The van der Waals surface area contributed by atoms with Crippen LogP contribution in [-0.4, -0.2) is 37.1 Å². The number of nitrogens with zero attached hydrogens (tertiary/aromatic N) is 1. The lowest BCUT2D eigenvalue weighted by molar-refractivity contribution is -0.124. The number of hydrogen-bond donors (Lipinski definition) is 1. The minimum absolute atomic E-state index is 0.212. The molecule has 1 saturated heterocycles. The van der Waals surface area contributed by atoms with E-state index in [0.29, 0.717) is 13.2 Å². The molecule has 1 aliphatic heterocycles. The van der Waals surface area contributed by atoms with Crippen LogP contribution in [0.15, 0.2) is 18.2 Å². The topological polar surface area (TPSA) is 64.8 Å². The fourth-order valence-electron chi connectivity index (χ4n) is 2.65. The van der Waals surface area contributed by atoms with Gasteiger partial charge in [0.25, 0.3) is 0 Å². The van der Waals surface area contributed by atoms with Crippen molar-refractivity contribution in [2.75, 3.05) is 20.3 Å². The van der Waals surface area contributed by atoms with Crippen molar-refractivity contribution < 1.29 is 14.3 Å². The van der Waals surface area contributed by atoms with Crippen molar-refractivity contribution in [3.8, 4) is 11.5 Å². The summed E-state index contributed by atoms with van der Waals surface area (Å²) in [6, 6.07) is 5.66. The summed E-state index contributed by atoms with van der Waals surface area (Å²) in [5.74, 6) is 1.19. The summed E-state index contributed by atoms with van der Waals surface area (Å²) in [6.45, 7) is 4.06. The Kier molecular flexibility index (Phi) is 5.44. The maximum atomic E-state index is 11.5. The lowest BCUT2D eigenvalue weighted by Gasteiger charge is -2.33. The monoisotopic (exact) mass is 291 g/mol. The second kappa shape index (κ2) is 7.31. The van der Waals surface area contributed by atoms with Crippen LogP contribution in [0.4, 0.5) is 0 Å². The molecule has 0 spiro atoms. The first-order valence-electron chi connectivity index (χ1n) is 7.30. The lowest BCUT2D eigenvalue weighted by atomic mass is 10.0. The minimum Gasteiger partial charge on any atom is -0.493 e. The Bertz CT molecular complexity index is 490. The van der Waals surface area contributed by atoms with Crippen molar-refractivity contribution in [3.05, 3.63) is 30.2 Å². The summed E-state index contributed by atoms with van der Waals surface area (Å²) in [6.07, 6.45) is 3.84. The molecule has 0 aliphatic carbocycles. The molecule has 1 unspecified atom stereocenters. The van der Waals surface area contributed by atoms with Gasteiger partial charge in [0, 0.05) is 6.54 Å². The van der Waals surface area contributed by atoms with Gasteiger partial charge in [-0.3, -0.25) is 9.69 Å². The van der Waals surface area contributed by atoms with Gasteiger partial charge >= 0.3 is 0 Å². The zero-order chi connectivity index (χ0) is 15.2. The third kappa shape index (κ3) is 3.88. The second-order valence-corrected chi connectivity index (χ2v) is 5.12. The van der Waals surface area contributed by atoms with E-state index in [9.17, 15) is 4.79 Å². The Hall–Kier alpha value is -1.75. The summed E-state index contributed by atoms with van der Waals surface area (Å²) < 4.78 is 10.9. The summed E-state index contributed by atoms with van der Waals surface area (Å²) in [5.41, 5.74) is 6.58. The van der Waals surface area contributed by atoms with Crippen molar-refractivity contribution in [1.29, 1.82) is 0 Å². The number of ether oxygens (including phenoxy) is 2. The van der Waals surface area contributed by atoms with Gasteiger partial charge in [0.2, 0.25) is 5.91 Å². The van der Waals surface area contributed by atoms with Gasteiger partial charge in [-0.25, -0.2) is 0 Å². The molecule has 1 aliphatic rings. The fourth-order valence-corrected chi connectivity index (χ4v) is 2.65. The highest BCUT2D eigenvalue weighted by Crippen LogP contribution is 2.29. The van der Waals surface area contributed by atoms with E-state index in [1.54, 1.807) is 7.11 Å². The maximum absolute atomic E-state index is 11.5. The Morgan fingerprint density at radius 2 is 2.24 bits per heavy atom. The van der Waals surface area contributed by atoms with Gasteiger partial charge in [-0.2, -0.15) is 0 Å². The zero-order valence-corrected chi connectivity index (χ0v) is 12.7. The molecule has 0 saturated carbocycles. The first-order valence-corrected chi connectivity index (χ1v) is 7.30. The number of benzene rings is 1. The SMILES string of the molecule is CCOc1cc(CN2CC[CH]CC2C(N)=O)ccc1OC. The van der Waals surface area contributed by atoms with E-state index in [2.05, 4.69) is 11.3 Å². The fraction of sp³-hybridized carbons (Fsp3) is 0.500. The van der Waals surface area contributed by atoms with Crippen LogP contribution in [0.2, 0.25) is 0 Å². The van der Waals surface area contributed by atoms with E-state index in [4.69, 9.17) is 15.2 Å². The van der Waals surface area contributed by atoms with Gasteiger partial charge in [-0.15, -0.1) is 0 Å². The molecule has 1 fully saturated rings. The molecule has 1 atom stereocenters. The largest absolute Gasteiger partial charge is 0.493 e. The van der Waals surface area contributed by atoms with Crippen LogP contribution < -0.4 is 15.2 Å². The maximum Gasteiger partial charge on any atom is 0.234 e. The van der Waals surface area contributed by atoms with E-state index >= 15 is 0 Å². The van der Waals surface area contributed by atoms with Crippen LogP contribution >= 0.6 is 0 Å². The molecular weight excluding hydrogens is 268 g/mol. The van der Waals surface area contributed by atoms with Crippen LogP contribution in [0.5, 0.6) is 11.5 Å². The molecule has 2 rings (SSSR count). The van der Waals surface area contributed by atoms with Gasteiger partial charge < -0.3 is 15.2 Å². The molecule has 2 N–H and O–H groups in total. The first kappa shape index (κ1) is 15.6. The molecule has 1 aromatic rings. The molecular formula is C16H23N2O3. The Balaban J connectivity index is 2.14. The van der Waals surface area contributed by atoms with E-state index in [-0.39, 0.29) is 11.9 Å². The number of piperidine rings is 1. The number of hydrogen-bond acceptors (Lipinski definition) is 4. The van der Waals surface area contributed by atoms with Crippen LogP contribution in [0.1, 0.15) is 25.3 Å². The number of carbonyl (C=O) groups is 1. The van der Waals surface area contributed by atoms with Crippen LogP contribution in [0.25, 0.3) is 0 Å². The number of rotatable bonds is 6. The molecule has 1 amide bonds. The van der Waals surface area contributed by atoms with Crippen molar-refractivity contribution in [2.24, 2.45) is 5.73 Å². The lowest BCUT2D eigenvalue weighted by Crippen LogP contribution is -2.47. The smallest absolute Gasteiger partial charge is 0.234 e. The average molecular weight is 291 g/mol. The second-order valence-electron chi connectivity index (χ2n) is 5.12. The van der Waals surface area contributed by atoms with E-state index < -0.39 is 0 Å². The third-order valence-electron chi connectivity index (χ3n) is 3.69. The van der Waals surface area contributed by atoms with Gasteiger partial charge in [0.05, 0.1) is 19.8 Å². The van der Waals surface area contributed by atoms with Gasteiger partial charge in [0.1, 0.15) is 0 Å². The first-order chi connectivity index (χ1) is 10.2. The highest BCUT2D eigenvalue weighted by molar-refractivity contribution is 5.80. The molecule has 0 aromatic heterocycles. The van der Waals surface area contributed by atoms with Crippen molar-refractivity contribution in [3.63, 3.8) is 0 Å². The van der Waals surface area contributed by atoms with Crippen LogP contribution in [0.3, 0.4) is 0 Å². The van der Waals surface area contributed by atoms with Crippen LogP contribution in [-0.2, 0) is 11.3 Å². The van der Waals surface area contributed by atoms with E-state index in [1.165, 1.54) is 0 Å². The predicted molar refractivity (Wildman–Crippen MR) is 81.1 cm³/mol. The molecule has 0 bridgehead atoms. The highest BCUT2D eigenvalue weighted by Gasteiger charge is 2.27. The third-order valence-corrected chi connectivity index (χ3v) is 3.69. The molecule has 21 heavy (non-hydrogen) atoms. The number of amides is 1. The Morgan fingerprint density at radius 3 is 2.90 bits per heavy atom. The molecule has 5 heteroatoms. The molecule has 1 heterocycles. The highest BCUT2D eigenvalue weighted by atomic mass is 16.5. The standard InChI is InChI=1S/C16H23N2O3/c1-3-21-15-10-12(7-8-14(15)20-2)11-18-9-5-4-6-13(18)16(17)19/h4,7-8,10,13H,3,5-6,9,11H2,1-2H3,(H2,17,19). The normalized spacial score (nSPS) is 19.2. The number of primary amides is 1. The Labute approximate surface area is 126 Å². The molecule has 1 radical (unpaired) electrons. The number of nitrogens with two attached hydrogens (primary N) is 1. The molecule has 1 aromatic carbocycles. The quantitative estimate of drug-likeness (QED) is 0.867.